The Kier molecular flexibility index (Phi) is 6.73. The lowest BCUT2D eigenvalue weighted by atomic mass is 9.80. The molecule has 2 unspecified atom stereocenters. The van der Waals surface area contributed by atoms with Crippen molar-refractivity contribution in [3.8, 4) is 34.1 Å². The Morgan fingerprint density at radius 1 is 0.804 bits per heavy atom. The third-order valence-electron chi connectivity index (χ3n) is 9.40. The monoisotopic (exact) mass is 606 g/mol. The molecule has 6 aromatic rings. The Labute approximate surface area is 268 Å². The molecular formula is C41H34O5. The predicted molar refractivity (Wildman–Crippen MR) is 183 cm³/mol. The van der Waals surface area contributed by atoms with Crippen molar-refractivity contribution in [2.45, 2.75) is 31.7 Å². The molecule has 0 saturated heterocycles. The van der Waals surface area contributed by atoms with Crippen LogP contribution in [0.2, 0.25) is 0 Å². The van der Waals surface area contributed by atoms with Gasteiger partial charge in [-0.3, -0.25) is 0 Å². The lowest BCUT2D eigenvalue weighted by Crippen LogP contribution is -2.34. The summed E-state index contributed by atoms with van der Waals surface area (Å²) in [7, 11) is 3.38. The summed E-state index contributed by atoms with van der Waals surface area (Å²) in [6, 6.07) is 35.1. The van der Waals surface area contributed by atoms with Crippen LogP contribution in [0.5, 0.6) is 23.0 Å². The van der Waals surface area contributed by atoms with Crippen molar-refractivity contribution >= 4 is 27.6 Å². The number of aliphatic hydroxyl groups excluding tert-OH is 1. The maximum atomic E-state index is 11.1. The Balaban J connectivity index is 1.47. The highest BCUT2D eigenvalue weighted by Crippen LogP contribution is 2.52. The summed E-state index contributed by atoms with van der Waals surface area (Å²) < 4.78 is 25.0. The van der Waals surface area contributed by atoms with E-state index in [1.54, 1.807) is 14.2 Å². The van der Waals surface area contributed by atoms with Gasteiger partial charge in [0.1, 0.15) is 29.1 Å². The van der Waals surface area contributed by atoms with E-state index >= 15 is 0 Å². The van der Waals surface area contributed by atoms with Crippen LogP contribution in [0.1, 0.15) is 34.7 Å². The number of hydrogen-bond donors (Lipinski definition) is 1. The molecule has 0 aliphatic carbocycles. The third-order valence-corrected chi connectivity index (χ3v) is 9.40. The van der Waals surface area contributed by atoms with Crippen LogP contribution >= 0.6 is 0 Å². The maximum Gasteiger partial charge on any atom is 0.178 e. The molecule has 5 heteroatoms. The fourth-order valence-electron chi connectivity index (χ4n) is 7.27. The fourth-order valence-corrected chi connectivity index (χ4v) is 7.27. The second-order valence-electron chi connectivity index (χ2n) is 12.0. The number of ether oxygens (including phenoxy) is 4. The number of hydrogen-bond acceptors (Lipinski definition) is 5. The van der Waals surface area contributed by atoms with Crippen LogP contribution in [-0.2, 0) is 18.6 Å². The number of rotatable bonds is 6. The zero-order valence-electron chi connectivity index (χ0n) is 26.0. The molecule has 6 aromatic carbocycles. The van der Waals surface area contributed by atoms with E-state index in [0.29, 0.717) is 5.75 Å². The molecule has 0 radical (unpaired) electrons. The largest absolute Gasteiger partial charge is 0.497 e. The number of benzene rings is 6. The van der Waals surface area contributed by atoms with Crippen molar-refractivity contribution in [1.82, 2.24) is 0 Å². The zero-order valence-corrected chi connectivity index (χ0v) is 26.0. The maximum absolute atomic E-state index is 11.1. The van der Waals surface area contributed by atoms with Gasteiger partial charge in [-0.05, 0) is 71.0 Å². The first-order chi connectivity index (χ1) is 22.5. The molecule has 8 rings (SSSR count). The standard InChI is InChI=1S/C41H34O5/c1-25-21-27-22-29(15-18-36(27)45-25)41(28-13-16-30(43-2)17-14-28)20-19-33-35(24-42)38(26-9-5-4-6-10-26)39-32-12-8-7-11-31(32)37(44-3)23-34(39)40(33)46-41/h4-20,22-23,25,42H,21,24H2,1-3H3. The van der Waals surface area contributed by atoms with Gasteiger partial charge in [0, 0.05) is 39.3 Å². The first-order valence-corrected chi connectivity index (χ1v) is 15.6. The highest BCUT2D eigenvalue weighted by molar-refractivity contribution is 6.20. The third kappa shape index (κ3) is 4.27. The van der Waals surface area contributed by atoms with E-state index in [2.05, 4.69) is 79.7 Å². The summed E-state index contributed by atoms with van der Waals surface area (Å²) in [5.74, 6) is 3.15. The minimum atomic E-state index is -0.965. The van der Waals surface area contributed by atoms with Crippen LogP contribution in [0.15, 0.2) is 109 Å². The van der Waals surface area contributed by atoms with Gasteiger partial charge < -0.3 is 24.1 Å². The van der Waals surface area contributed by atoms with Gasteiger partial charge in [-0.15, -0.1) is 0 Å². The van der Waals surface area contributed by atoms with E-state index in [0.717, 1.165) is 84.2 Å². The van der Waals surface area contributed by atoms with Gasteiger partial charge in [-0.25, -0.2) is 0 Å². The first-order valence-electron chi connectivity index (χ1n) is 15.6. The summed E-state index contributed by atoms with van der Waals surface area (Å²) in [6.45, 7) is 1.94. The lowest BCUT2D eigenvalue weighted by Gasteiger charge is -2.38. The quantitative estimate of drug-likeness (QED) is 0.192. The smallest absolute Gasteiger partial charge is 0.178 e. The molecule has 0 bridgehead atoms. The summed E-state index contributed by atoms with van der Waals surface area (Å²) in [5, 5.41) is 15.0. The molecule has 0 saturated carbocycles. The van der Waals surface area contributed by atoms with Gasteiger partial charge in [0.25, 0.3) is 0 Å². The Morgan fingerprint density at radius 2 is 1.54 bits per heavy atom. The van der Waals surface area contributed by atoms with E-state index < -0.39 is 5.60 Å². The van der Waals surface area contributed by atoms with Gasteiger partial charge in [-0.1, -0.05) is 78.9 Å². The second-order valence-corrected chi connectivity index (χ2v) is 12.0. The van der Waals surface area contributed by atoms with E-state index in [4.69, 9.17) is 18.9 Å². The van der Waals surface area contributed by atoms with Crippen LogP contribution in [0.3, 0.4) is 0 Å². The average molecular weight is 607 g/mol. The van der Waals surface area contributed by atoms with Crippen LogP contribution in [0.4, 0.5) is 0 Å². The molecule has 0 fully saturated rings. The second kappa shape index (κ2) is 11.0. The van der Waals surface area contributed by atoms with Gasteiger partial charge >= 0.3 is 0 Å². The summed E-state index contributed by atoms with van der Waals surface area (Å²) in [6.07, 6.45) is 5.20. The number of aliphatic hydroxyl groups is 1. The van der Waals surface area contributed by atoms with E-state index in [1.807, 2.05) is 42.5 Å². The molecule has 2 aliphatic heterocycles. The van der Waals surface area contributed by atoms with E-state index in [-0.39, 0.29) is 12.7 Å². The minimum Gasteiger partial charge on any atom is -0.497 e. The molecule has 0 amide bonds. The van der Waals surface area contributed by atoms with Crippen molar-refractivity contribution in [2.75, 3.05) is 14.2 Å². The molecule has 2 atom stereocenters. The average Bonchev–Trinajstić information content (AvgIpc) is 3.50. The SMILES string of the molecule is COc1ccc(C2(c3ccc4c(c3)CC(C)O4)C=Cc3c(CO)c(-c4ccccc4)c4c(cc(OC)c5ccccc54)c3O2)cc1. The molecule has 0 spiro atoms. The molecule has 46 heavy (non-hydrogen) atoms. The van der Waals surface area contributed by atoms with Gasteiger partial charge in [0.15, 0.2) is 5.60 Å². The van der Waals surface area contributed by atoms with Crippen molar-refractivity contribution in [2.24, 2.45) is 0 Å². The Morgan fingerprint density at radius 3 is 2.28 bits per heavy atom. The topological polar surface area (TPSA) is 57.2 Å². The first kappa shape index (κ1) is 28.2. The van der Waals surface area contributed by atoms with Crippen molar-refractivity contribution in [3.05, 3.63) is 137 Å². The molecule has 2 heterocycles. The van der Waals surface area contributed by atoms with Gasteiger partial charge in [-0.2, -0.15) is 0 Å². The van der Waals surface area contributed by atoms with Gasteiger partial charge in [0.2, 0.25) is 0 Å². The van der Waals surface area contributed by atoms with Crippen LogP contribution in [0, 0.1) is 0 Å². The lowest BCUT2D eigenvalue weighted by molar-refractivity contribution is 0.162. The van der Waals surface area contributed by atoms with E-state index in [1.165, 1.54) is 0 Å². The Hall–Kier alpha value is -5.26. The molecule has 228 valence electrons. The van der Waals surface area contributed by atoms with Crippen LogP contribution < -0.4 is 18.9 Å². The predicted octanol–water partition coefficient (Wildman–Crippen LogP) is 8.84. The number of fused-ring (bicyclic) bond motifs is 6. The minimum absolute atomic E-state index is 0.124. The van der Waals surface area contributed by atoms with Gasteiger partial charge in [0.05, 0.1) is 20.8 Å². The molecule has 0 aromatic heterocycles. The highest BCUT2D eigenvalue weighted by Gasteiger charge is 2.40. The normalized spacial score (nSPS) is 18.1. The Bertz CT molecular complexity index is 2150. The summed E-state index contributed by atoms with van der Waals surface area (Å²) in [5.41, 5.74) is 5.84. The van der Waals surface area contributed by atoms with E-state index in [9.17, 15) is 5.11 Å². The number of methoxy groups -OCH3 is 2. The van der Waals surface area contributed by atoms with Crippen molar-refractivity contribution in [3.63, 3.8) is 0 Å². The molecule has 1 N–H and O–H groups in total. The summed E-state index contributed by atoms with van der Waals surface area (Å²) >= 11 is 0. The molecular weight excluding hydrogens is 572 g/mol. The van der Waals surface area contributed by atoms with Crippen LogP contribution in [0.25, 0.3) is 38.7 Å². The highest BCUT2D eigenvalue weighted by atomic mass is 16.5. The van der Waals surface area contributed by atoms with Crippen molar-refractivity contribution in [1.29, 1.82) is 0 Å². The fraction of sp³-hybridized carbons (Fsp3) is 0.171. The molecule has 2 aliphatic rings. The zero-order chi connectivity index (χ0) is 31.4. The summed E-state index contributed by atoms with van der Waals surface area (Å²) in [4.78, 5) is 0. The molecule has 5 nitrogen and oxygen atoms in total. The van der Waals surface area contributed by atoms with Crippen LogP contribution in [-0.4, -0.2) is 25.4 Å². The van der Waals surface area contributed by atoms with Crippen molar-refractivity contribution < 1.29 is 24.1 Å².